The normalized spacial score (nSPS) is 25.5. The molecule has 0 saturated carbocycles. The van der Waals surface area contributed by atoms with Crippen molar-refractivity contribution in [1.29, 1.82) is 0 Å². The number of piperazine rings is 1. The molecule has 6 nitrogen and oxygen atoms in total. The fourth-order valence-electron chi connectivity index (χ4n) is 3.03. The third-order valence-electron chi connectivity index (χ3n) is 4.20. The minimum absolute atomic E-state index is 0.0564. The molecular weight excluding hydrogens is 284 g/mol. The summed E-state index contributed by atoms with van der Waals surface area (Å²) in [7, 11) is 0. The number of carbonyl (C=O) groups is 1. The molecule has 6 heteroatoms. The van der Waals surface area contributed by atoms with Crippen LogP contribution >= 0.6 is 0 Å². The van der Waals surface area contributed by atoms with Crippen LogP contribution in [0, 0.1) is 0 Å². The molecule has 0 aromatic rings. The molecule has 2 aliphatic heterocycles. The molecule has 2 heterocycles. The third kappa shape index (κ3) is 5.50. The quantitative estimate of drug-likeness (QED) is 0.773. The Morgan fingerprint density at radius 3 is 2.59 bits per heavy atom. The molecule has 2 fully saturated rings. The highest BCUT2D eigenvalue weighted by Gasteiger charge is 2.28. The van der Waals surface area contributed by atoms with Gasteiger partial charge in [-0.3, -0.25) is 9.69 Å². The molecule has 128 valence electrons. The number of aliphatic hydroxyl groups is 1. The van der Waals surface area contributed by atoms with Gasteiger partial charge in [-0.15, -0.1) is 0 Å². The molecule has 0 aromatic heterocycles. The minimum Gasteiger partial charge on any atom is -0.389 e. The van der Waals surface area contributed by atoms with Gasteiger partial charge in [-0.2, -0.15) is 0 Å². The second kappa shape index (κ2) is 7.73. The van der Waals surface area contributed by atoms with Crippen LogP contribution in [0.2, 0.25) is 0 Å². The van der Waals surface area contributed by atoms with Gasteiger partial charge in [-0.05, 0) is 33.6 Å². The Labute approximate surface area is 133 Å². The first-order valence-corrected chi connectivity index (χ1v) is 8.32. The van der Waals surface area contributed by atoms with Crippen LogP contribution in [0.15, 0.2) is 0 Å². The standard InChI is InChI=1S/C16H30N2O4/c1-13(22-11-14-5-4-10-21-14)15(19)18-8-6-17(7-9-18)12-16(2,3)20/h13-14,20H,4-12H2,1-3H3/t13-,14+/m0/s1. The predicted octanol–water partition coefficient (Wildman–Crippen LogP) is 0.486. The summed E-state index contributed by atoms with van der Waals surface area (Å²) >= 11 is 0. The van der Waals surface area contributed by atoms with Gasteiger partial charge in [0, 0.05) is 39.3 Å². The Bertz CT molecular complexity index is 356. The van der Waals surface area contributed by atoms with E-state index in [1.807, 2.05) is 25.7 Å². The first kappa shape index (κ1) is 17.7. The number of β-amino-alcohol motifs (C(OH)–C–C–N with tert-alkyl or cyclic N) is 1. The molecule has 0 aliphatic carbocycles. The van der Waals surface area contributed by atoms with Crippen LogP contribution in [-0.2, 0) is 14.3 Å². The van der Waals surface area contributed by atoms with E-state index >= 15 is 0 Å². The van der Waals surface area contributed by atoms with Gasteiger partial charge < -0.3 is 19.5 Å². The van der Waals surface area contributed by atoms with E-state index in [0.717, 1.165) is 32.5 Å². The lowest BCUT2D eigenvalue weighted by Crippen LogP contribution is -2.53. The topological polar surface area (TPSA) is 62.2 Å². The van der Waals surface area contributed by atoms with E-state index in [1.54, 1.807) is 0 Å². The highest BCUT2D eigenvalue weighted by molar-refractivity contribution is 5.80. The number of rotatable bonds is 6. The van der Waals surface area contributed by atoms with Crippen molar-refractivity contribution in [3.8, 4) is 0 Å². The Morgan fingerprint density at radius 1 is 1.36 bits per heavy atom. The van der Waals surface area contributed by atoms with Gasteiger partial charge in [-0.1, -0.05) is 0 Å². The predicted molar refractivity (Wildman–Crippen MR) is 83.7 cm³/mol. The highest BCUT2D eigenvalue weighted by Crippen LogP contribution is 2.14. The van der Waals surface area contributed by atoms with Crippen LogP contribution in [-0.4, -0.2) is 84.6 Å². The van der Waals surface area contributed by atoms with Crippen molar-refractivity contribution < 1.29 is 19.4 Å². The zero-order chi connectivity index (χ0) is 16.2. The molecule has 2 aliphatic rings. The fourth-order valence-corrected chi connectivity index (χ4v) is 3.03. The van der Waals surface area contributed by atoms with E-state index in [0.29, 0.717) is 26.2 Å². The molecule has 0 spiro atoms. The Morgan fingerprint density at radius 2 is 2.05 bits per heavy atom. The van der Waals surface area contributed by atoms with E-state index < -0.39 is 11.7 Å². The summed E-state index contributed by atoms with van der Waals surface area (Å²) in [5.41, 5.74) is -0.691. The van der Waals surface area contributed by atoms with Gasteiger partial charge in [-0.25, -0.2) is 0 Å². The number of nitrogens with zero attached hydrogens (tertiary/aromatic N) is 2. The third-order valence-corrected chi connectivity index (χ3v) is 4.20. The second-order valence-corrected chi connectivity index (χ2v) is 7.02. The lowest BCUT2D eigenvalue weighted by molar-refractivity contribution is -0.146. The van der Waals surface area contributed by atoms with Crippen LogP contribution < -0.4 is 0 Å². The zero-order valence-electron chi connectivity index (χ0n) is 14.1. The first-order valence-electron chi connectivity index (χ1n) is 8.32. The molecule has 0 bridgehead atoms. The average molecular weight is 314 g/mol. The molecule has 0 radical (unpaired) electrons. The molecule has 0 unspecified atom stereocenters. The van der Waals surface area contributed by atoms with Crippen LogP contribution in [0.5, 0.6) is 0 Å². The lowest BCUT2D eigenvalue weighted by Gasteiger charge is -2.38. The summed E-state index contributed by atoms with van der Waals surface area (Å²) < 4.78 is 11.2. The van der Waals surface area contributed by atoms with Crippen molar-refractivity contribution in [1.82, 2.24) is 9.80 Å². The summed E-state index contributed by atoms with van der Waals surface area (Å²) in [6.07, 6.45) is 1.85. The summed E-state index contributed by atoms with van der Waals surface area (Å²) in [4.78, 5) is 16.4. The monoisotopic (exact) mass is 314 g/mol. The van der Waals surface area contributed by atoms with E-state index in [4.69, 9.17) is 9.47 Å². The summed E-state index contributed by atoms with van der Waals surface area (Å²) in [5, 5.41) is 9.85. The van der Waals surface area contributed by atoms with Crippen molar-refractivity contribution in [2.75, 3.05) is 45.9 Å². The van der Waals surface area contributed by atoms with Gasteiger partial charge in [0.1, 0.15) is 6.10 Å². The largest absolute Gasteiger partial charge is 0.389 e. The maximum absolute atomic E-state index is 12.4. The molecular formula is C16H30N2O4. The van der Waals surface area contributed by atoms with E-state index in [9.17, 15) is 9.90 Å². The SMILES string of the molecule is C[C@H](OC[C@H]1CCCO1)C(=O)N1CCN(CC(C)(C)O)CC1. The Hall–Kier alpha value is -0.690. The number of hydrogen-bond donors (Lipinski definition) is 1. The van der Waals surface area contributed by atoms with Gasteiger partial charge in [0.2, 0.25) is 0 Å². The molecule has 22 heavy (non-hydrogen) atoms. The maximum atomic E-state index is 12.4. The number of hydrogen-bond acceptors (Lipinski definition) is 5. The maximum Gasteiger partial charge on any atom is 0.251 e. The Kier molecular flexibility index (Phi) is 6.20. The number of carbonyl (C=O) groups excluding carboxylic acids is 1. The second-order valence-electron chi connectivity index (χ2n) is 7.02. The smallest absolute Gasteiger partial charge is 0.251 e. The van der Waals surface area contributed by atoms with Crippen molar-refractivity contribution >= 4 is 5.91 Å². The van der Waals surface area contributed by atoms with Crippen molar-refractivity contribution in [3.63, 3.8) is 0 Å². The summed E-state index contributed by atoms with van der Waals surface area (Å²) in [6.45, 7) is 10.4. The van der Waals surface area contributed by atoms with Gasteiger partial charge in [0.25, 0.3) is 5.91 Å². The molecule has 1 amide bonds. The minimum atomic E-state index is -0.691. The van der Waals surface area contributed by atoms with E-state index in [2.05, 4.69) is 4.90 Å². The first-order chi connectivity index (χ1) is 10.3. The number of ether oxygens (including phenoxy) is 2. The van der Waals surface area contributed by atoms with Gasteiger partial charge in [0.15, 0.2) is 0 Å². The lowest BCUT2D eigenvalue weighted by atomic mass is 10.1. The van der Waals surface area contributed by atoms with Crippen molar-refractivity contribution in [3.05, 3.63) is 0 Å². The molecule has 1 N–H and O–H groups in total. The van der Waals surface area contributed by atoms with Crippen LogP contribution in [0.25, 0.3) is 0 Å². The highest BCUT2D eigenvalue weighted by atomic mass is 16.5. The average Bonchev–Trinajstić information content (AvgIpc) is 2.96. The molecule has 2 rings (SSSR count). The Balaban J connectivity index is 1.69. The summed E-state index contributed by atoms with van der Waals surface area (Å²) in [6, 6.07) is 0. The van der Waals surface area contributed by atoms with E-state index in [-0.39, 0.29) is 12.0 Å². The van der Waals surface area contributed by atoms with Crippen molar-refractivity contribution in [2.24, 2.45) is 0 Å². The molecule has 2 atom stereocenters. The van der Waals surface area contributed by atoms with Gasteiger partial charge >= 0.3 is 0 Å². The van der Waals surface area contributed by atoms with Crippen LogP contribution in [0.4, 0.5) is 0 Å². The zero-order valence-corrected chi connectivity index (χ0v) is 14.1. The van der Waals surface area contributed by atoms with Crippen LogP contribution in [0.3, 0.4) is 0 Å². The van der Waals surface area contributed by atoms with Gasteiger partial charge in [0.05, 0.1) is 18.3 Å². The van der Waals surface area contributed by atoms with Crippen molar-refractivity contribution in [2.45, 2.75) is 51.4 Å². The molecule has 2 saturated heterocycles. The number of amides is 1. The van der Waals surface area contributed by atoms with E-state index in [1.165, 1.54) is 0 Å². The fraction of sp³-hybridized carbons (Fsp3) is 0.938. The van der Waals surface area contributed by atoms with Crippen LogP contribution in [0.1, 0.15) is 33.6 Å². The summed E-state index contributed by atoms with van der Waals surface area (Å²) in [5.74, 6) is 0.0564. The molecule has 0 aromatic carbocycles.